The first kappa shape index (κ1) is 16.3. The molecule has 0 bridgehead atoms. The molecule has 0 aromatic rings. The number of hydrogen-bond acceptors (Lipinski definition) is 3. The van der Waals surface area contributed by atoms with Crippen molar-refractivity contribution in [3.8, 4) is 0 Å². The van der Waals surface area contributed by atoms with Gasteiger partial charge in [-0.3, -0.25) is 9.59 Å². The number of rotatable bonds is 1. The van der Waals surface area contributed by atoms with Crippen molar-refractivity contribution in [2.24, 2.45) is 29.1 Å². The molecule has 24 heavy (non-hydrogen) atoms. The normalized spacial score (nSPS) is 47.3. The van der Waals surface area contributed by atoms with Crippen molar-refractivity contribution in [2.45, 2.75) is 71.1 Å². The van der Waals surface area contributed by atoms with Gasteiger partial charge in [0.2, 0.25) is 0 Å². The summed E-state index contributed by atoms with van der Waals surface area (Å²) in [6.45, 7) is 3.73. The van der Waals surface area contributed by atoms with Gasteiger partial charge < -0.3 is 4.74 Å². The molecule has 0 amide bonds. The second-order valence-electron chi connectivity index (χ2n) is 8.61. The van der Waals surface area contributed by atoms with E-state index in [9.17, 15) is 14.0 Å². The van der Waals surface area contributed by atoms with Gasteiger partial charge in [-0.1, -0.05) is 6.92 Å². The summed E-state index contributed by atoms with van der Waals surface area (Å²) in [5, 5.41) is 0. The molecule has 3 nitrogen and oxygen atoms in total. The summed E-state index contributed by atoms with van der Waals surface area (Å²) in [7, 11) is 0. The summed E-state index contributed by atoms with van der Waals surface area (Å²) in [5.41, 5.74) is 0.781. The molecular weight excluding hydrogens is 307 g/mol. The van der Waals surface area contributed by atoms with Gasteiger partial charge in [0.05, 0.1) is 0 Å². The molecule has 0 heterocycles. The minimum absolute atomic E-state index is 0.00173. The second-order valence-corrected chi connectivity index (χ2v) is 8.61. The Hall–Kier alpha value is -1.19. The molecule has 4 rings (SSSR count). The van der Waals surface area contributed by atoms with Crippen LogP contribution < -0.4 is 0 Å². The quantitative estimate of drug-likeness (QED) is 0.681. The first-order chi connectivity index (χ1) is 11.4. The maximum absolute atomic E-state index is 14.8. The van der Waals surface area contributed by atoms with E-state index in [4.69, 9.17) is 4.74 Å². The number of esters is 1. The van der Waals surface area contributed by atoms with Gasteiger partial charge in [-0.25, -0.2) is 4.39 Å². The molecule has 4 aliphatic rings. The van der Waals surface area contributed by atoms with Crippen LogP contribution in [0.1, 0.15) is 58.8 Å². The number of carbonyl (C=O) groups is 2. The highest BCUT2D eigenvalue weighted by atomic mass is 19.1. The van der Waals surface area contributed by atoms with E-state index in [0.717, 1.165) is 37.7 Å². The first-order valence-corrected chi connectivity index (χ1v) is 9.45. The number of ether oxygens (including phenoxy) is 1. The molecule has 0 saturated heterocycles. The average Bonchev–Trinajstić information content (AvgIpc) is 2.84. The Bertz CT molecular complexity index is 598. The lowest BCUT2D eigenvalue weighted by Gasteiger charge is -2.54. The number of alkyl halides is 1. The fourth-order valence-electron chi connectivity index (χ4n) is 6.49. The van der Waals surface area contributed by atoms with Crippen molar-refractivity contribution in [1.29, 1.82) is 0 Å². The van der Waals surface area contributed by atoms with Crippen LogP contribution >= 0.6 is 0 Å². The first-order valence-electron chi connectivity index (χ1n) is 9.45. The van der Waals surface area contributed by atoms with Gasteiger partial charge in [0.1, 0.15) is 12.3 Å². The van der Waals surface area contributed by atoms with Gasteiger partial charge in [0.25, 0.3) is 0 Å². The minimum atomic E-state index is -0.962. The minimum Gasteiger partial charge on any atom is -0.462 e. The van der Waals surface area contributed by atoms with Crippen molar-refractivity contribution in [3.05, 3.63) is 11.6 Å². The van der Waals surface area contributed by atoms with Gasteiger partial charge in [-0.05, 0) is 73.8 Å². The van der Waals surface area contributed by atoms with Crippen LogP contribution in [0, 0.1) is 29.1 Å². The van der Waals surface area contributed by atoms with E-state index >= 15 is 0 Å². The SMILES string of the molecule is CC(=O)O[C@H]1CC[C@H]2[C@@H]3C[C@@H](F)C4=CC(=O)CC[C@@H]4[C@H]3CC[C@]12C. The number of carbonyl (C=O) groups excluding carboxylic acids is 2. The van der Waals surface area contributed by atoms with E-state index in [1.807, 2.05) is 0 Å². The summed E-state index contributed by atoms with van der Waals surface area (Å²) >= 11 is 0. The average molecular weight is 334 g/mol. The highest BCUT2D eigenvalue weighted by Crippen LogP contribution is 2.62. The van der Waals surface area contributed by atoms with Gasteiger partial charge in [-0.2, -0.15) is 0 Å². The van der Waals surface area contributed by atoms with Crippen LogP contribution in [0.4, 0.5) is 4.39 Å². The second kappa shape index (κ2) is 5.67. The zero-order valence-corrected chi connectivity index (χ0v) is 14.6. The lowest BCUT2D eigenvalue weighted by atomic mass is 9.52. The van der Waals surface area contributed by atoms with Crippen LogP contribution in [-0.2, 0) is 14.3 Å². The summed E-state index contributed by atoms with van der Waals surface area (Å²) in [5.74, 6) is 1.47. The van der Waals surface area contributed by atoms with Crippen LogP contribution in [0.3, 0.4) is 0 Å². The molecule has 3 fully saturated rings. The Morgan fingerprint density at radius 1 is 1.25 bits per heavy atom. The van der Waals surface area contributed by atoms with Gasteiger partial charge in [-0.15, -0.1) is 0 Å². The molecule has 4 aliphatic carbocycles. The van der Waals surface area contributed by atoms with Crippen molar-refractivity contribution < 1.29 is 18.7 Å². The molecule has 0 spiro atoms. The number of fused-ring (bicyclic) bond motifs is 5. The molecular formula is C20H27FO3. The largest absolute Gasteiger partial charge is 0.462 e. The third-order valence-corrected chi connectivity index (χ3v) is 7.53. The van der Waals surface area contributed by atoms with Crippen molar-refractivity contribution in [2.75, 3.05) is 0 Å². The topological polar surface area (TPSA) is 43.4 Å². The highest BCUT2D eigenvalue weighted by molar-refractivity contribution is 5.91. The van der Waals surface area contributed by atoms with Crippen LogP contribution in [-0.4, -0.2) is 24.0 Å². The third-order valence-electron chi connectivity index (χ3n) is 7.53. The lowest BCUT2D eigenvalue weighted by Crippen LogP contribution is -2.50. The van der Waals surface area contributed by atoms with Crippen LogP contribution in [0.25, 0.3) is 0 Å². The van der Waals surface area contributed by atoms with Crippen LogP contribution in [0.5, 0.6) is 0 Å². The standard InChI is InChI=1S/C20H27FO3/c1-11(22)24-19-6-5-17-15-10-18(21)16-9-12(23)3-4-13(16)14(15)7-8-20(17,19)2/h9,13-15,17-19H,3-8,10H2,1-2H3/t13-,14-,15-,17+,18-,19+,20+/m1/s1. The van der Waals surface area contributed by atoms with E-state index in [-0.39, 0.29) is 29.2 Å². The van der Waals surface area contributed by atoms with Crippen molar-refractivity contribution >= 4 is 11.8 Å². The summed E-state index contributed by atoms with van der Waals surface area (Å²) in [6, 6.07) is 0. The fraction of sp³-hybridized carbons (Fsp3) is 0.800. The molecule has 132 valence electrons. The fourth-order valence-corrected chi connectivity index (χ4v) is 6.49. The number of halogens is 1. The van der Waals surface area contributed by atoms with Crippen LogP contribution in [0.15, 0.2) is 11.6 Å². The molecule has 0 radical (unpaired) electrons. The Labute approximate surface area is 143 Å². The van der Waals surface area contributed by atoms with E-state index < -0.39 is 6.17 Å². The van der Waals surface area contributed by atoms with Gasteiger partial charge in [0, 0.05) is 18.8 Å². The highest BCUT2D eigenvalue weighted by Gasteiger charge is 2.58. The molecule has 3 saturated carbocycles. The monoisotopic (exact) mass is 334 g/mol. The smallest absolute Gasteiger partial charge is 0.302 e. The predicted octanol–water partition coefficient (Wildman–Crippen LogP) is 4.01. The summed E-state index contributed by atoms with van der Waals surface area (Å²) < 4.78 is 20.5. The van der Waals surface area contributed by atoms with Crippen molar-refractivity contribution in [3.63, 3.8) is 0 Å². The Morgan fingerprint density at radius 3 is 2.79 bits per heavy atom. The van der Waals surface area contributed by atoms with Gasteiger partial charge >= 0.3 is 5.97 Å². The third kappa shape index (κ3) is 2.36. The molecule has 4 heteroatoms. The summed E-state index contributed by atoms with van der Waals surface area (Å²) in [4.78, 5) is 23.2. The van der Waals surface area contributed by atoms with Gasteiger partial charge in [0.15, 0.2) is 5.78 Å². The zero-order valence-electron chi connectivity index (χ0n) is 14.6. The molecule has 0 N–H and O–H groups in total. The molecule has 0 unspecified atom stereocenters. The Balaban J connectivity index is 1.61. The molecule has 0 aromatic carbocycles. The number of allylic oxidation sites excluding steroid dienone is 1. The van der Waals surface area contributed by atoms with E-state index in [2.05, 4.69) is 6.92 Å². The number of ketones is 1. The maximum Gasteiger partial charge on any atom is 0.302 e. The summed E-state index contributed by atoms with van der Waals surface area (Å²) in [6.07, 6.45) is 6.64. The van der Waals surface area contributed by atoms with Crippen molar-refractivity contribution in [1.82, 2.24) is 0 Å². The molecule has 0 aromatic heterocycles. The zero-order chi connectivity index (χ0) is 17.1. The predicted molar refractivity (Wildman–Crippen MR) is 87.9 cm³/mol. The molecule has 7 atom stereocenters. The number of hydrogen-bond donors (Lipinski definition) is 0. The lowest BCUT2D eigenvalue weighted by molar-refractivity contribution is -0.156. The Morgan fingerprint density at radius 2 is 2.04 bits per heavy atom. The maximum atomic E-state index is 14.8. The van der Waals surface area contributed by atoms with E-state index in [1.165, 1.54) is 6.92 Å². The van der Waals surface area contributed by atoms with E-state index in [0.29, 0.717) is 30.6 Å². The van der Waals surface area contributed by atoms with E-state index in [1.54, 1.807) is 6.08 Å². The Kier molecular flexibility index (Phi) is 3.85. The molecule has 0 aliphatic heterocycles. The van der Waals surface area contributed by atoms with Crippen LogP contribution in [0.2, 0.25) is 0 Å².